The first-order valence-electron chi connectivity index (χ1n) is 10.8. The largest absolute Gasteiger partial charge is 0.371 e. The standard InChI is InChI=1S/C22H34N4O/c1-3-5-18-8-11-25(17-18)19-9-12-24(13-10-19)20-6-4-7-21(16-20)26-15-14-23(2)22(26)27/h4,6-7,16,18-19H,3,5,8-15,17H2,1-2H3. The van der Waals surface area contributed by atoms with E-state index in [2.05, 4.69) is 41.0 Å². The van der Waals surface area contributed by atoms with E-state index in [1.165, 1.54) is 50.9 Å². The summed E-state index contributed by atoms with van der Waals surface area (Å²) in [6, 6.07) is 9.43. The van der Waals surface area contributed by atoms with E-state index in [0.717, 1.165) is 43.8 Å². The molecule has 5 heteroatoms. The van der Waals surface area contributed by atoms with Gasteiger partial charge in [-0.25, -0.2) is 4.79 Å². The molecular formula is C22H34N4O. The van der Waals surface area contributed by atoms with Crippen molar-refractivity contribution in [2.75, 3.05) is 56.1 Å². The van der Waals surface area contributed by atoms with Crippen LogP contribution in [0.2, 0.25) is 0 Å². The smallest absolute Gasteiger partial charge is 0.324 e. The average Bonchev–Trinajstić information content (AvgIpc) is 3.30. The summed E-state index contributed by atoms with van der Waals surface area (Å²) in [5.74, 6) is 0.931. The molecule has 0 aliphatic carbocycles. The Labute approximate surface area is 163 Å². The minimum Gasteiger partial charge on any atom is -0.371 e. The third-order valence-electron chi connectivity index (χ3n) is 6.72. The number of anilines is 2. The van der Waals surface area contributed by atoms with Gasteiger partial charge in [0, 0.05) is 57.2 Å². The minimum atomic E-state index is 0.113. The Morgan fingerprint density at radius 2 is 1.78 bits per heavy atom. The van der Waals surface area contributed by atoms with Crippen LogP contribution in [0.15, 0.2) is 24.3 Å². The van der Waals surface area contributed by atoms with Gasteiger partial charge in [-0.1, -0.05) is 19.4 Å². The van der Waals surface area contributed by atoms with Gasteiger partial charge in [0.25, 0.3) is 0 Å². The maximum atomic E-state index is 12.3. The quantitative estimate of drug-likeness (QED) is 0.792. The third kappa shape index (κ3) is 3.93. The molecule has 3 fully saturated rings. The van der Waals surface area contributed by atoms with Crippen molar-refractivity contribution in [3.05, 3.63) is 24.3 Å². The highest BCUT2D eigenvalue weighted by Gasteiger charge is 2.31. The van der Waals surface area contributed by atoms with Crippen LogP contribution in [0.25, 0.3) is 0 Å². The van der Waals surface area contributed by atoms with Crippen LogP contribution < -0.4 is 9.80 Å². The molecule has 0 saturated carbocycles. The summed E-state index contributed by atoms with van der Waals surface area (Å²) in [5, 5.41) is 0. The number of piperidine rings is 1. The number of likely N-dealkylation sites (tertiary alicyclic amines) is 1. The number of carbonyl (C=O) groups excluding carboxylic acids is 1. The van der Waals surface area contributed by atoms with Crippen molar-refractivity contribution < 1.29 is 4.79 Å². The van der Waals surface area contributed by atoms with Crippen LogP contribution in [0.1, 0.15) is 39.0 Å². The Hall–Kier alpha value is -1.75. The normalized spacial score (nSPS) is 25.0. The molecule has 2 amide bonds. The molecule has 1 unspecified atom stereocenters. The van der Waals surface area contributed by atoms with Gasteiger partial charge >= 0.3 is 6.03 Å². The fourth-order valence-electron chi connectivity index (χ4n) is 5.07. The number of hydrogen-bond acceptors (Lipinski definition) is 3. The van der Waals surface area contributed by atoms with Crippen LogP contribution in [0.4, 0.5) is 16.2 Å². The number of urea groups is 1. The summed E-state index contributed by atoms with van der Waals surface area (Å²) in [6.07, 6.45) is 6.63. The van der Waals surface area contributed by atoms with Gasteiger partial charge in [-0.05, 0) is 56.3 Å². The second-order valence-corrected chi connectivity index (χ2v) is 8.53. The molecule has 1 aromatic rings. The molecule has 148 valence electrons. The summed E-state index contributed by atoms with van der Waals surface area (Å²) in [5.41, 5.74) is 2.30. The van der Waals surface area contributed by atoms with Crippen LogP contribution in [0, 0.1) is 5.92 Å². The molecule has 0 aromatic heterocycles. The van der Waals surface area contributed by atoms with Crippen molar-refractivity contribution in [1.29, 1.82) is 0 Å². The van der Waals surface area contributed by atoms with Crippen molar-refractivity contribution >= 4 is 17.4 Å². The fourth-order valence-corrected chi connectivity index (χ4v) is 5.07. The first kappa shape index (κ1) is 18.6. The summed E-state index contributed by atoms with van der Waals surface area (Å²) < 4.78 is 0. The maximum absolute atomic E-state index is 12.3. The van der Waals surface area contributed by atoms with Crippen LogP contribution in [-0.2, 0) is 0 Å². The molecule has 1 aromatic carbocycles. The van der Waals surface area contributed by atoms with Gasteiger partial charge in [-0.2, -0.15) is 0 Å². The van der Waals surface area contributed by atoms with Gasteiger partial charge in [0.2, 0.25) is 0 Å². The Morgan fingerprint density at radius 1 is 1.00 bits per heavy atom. The summed E-state index contributed by atoms with van der Waals surface area (Å²) in [6.45, 7) is 8.77. The Balaban J connectivity index is 1.35. The van der Waals surface area contributed by atoms with E-state index in [9.17, 15) is 4.79 Å². The van der Waals surface area contributed by atoms with Crippen LogP contribution in [0.5, 0.6) is 0 Å². The van der Waals surface area contributed by atoms with E-state index >= 15 is 0 Å². The van der Waals surface area contributed by atoms with E-state index in [1.54, 1.807) is 4.90 Å². The van der Waals surface area contributed by atoms with E-state index in [0.29, 0.717) is 0 Å². The fraction of sp³-hybridized carbons (Fsp3) is 0.682. The zero-order chi connectivity index (χ0) is 18.8. The summed E-state index contributed by atoms with van der Waals surface area (Å²) in [7, 11) is 1.88. The molecule has 27 heavy (non-hydrogen) atoms. The molecule has 3 aliphatic rings. The van der Waals surface area contributed by atoms with Crippen molar-refractivity contribution in [3.8, 4) is 0 Å². The minimum absolute atomic E-state index is 0.113. The van der Waals surface area contributed by atoms with Gasteiger partial charge in [0.1, 0.15) is 0 Å². The summed E-state index contributed by atoms with van der Waals surface area (Å²) in [4.78, 5) is 21.2. The maximum Gasteiger partial charge on any atom is 0.324 e. The van der Waals surface area contributed by atoms with Crippen LogP contribution in [0.3, 0.4) is 0 Å². The molecule has 0 bridgehead atoms. The van der Waals surface area contributed by atoms with Crippen LogP contribution >= 0.6 is 0 Å². The van der Waals surface area contributed by atoms with Gasteiger partial charge in [0.05, 0.1) is 0 Å². The van der Waals surface area contributed by atoms with Crippen molar-refractivity contribution in [1.82, 2.24) is 9.80 Å². The van der Waals surface area contributed by atoms with Crippen molar-refractivity contribution in [3.63, 3.8) is 0 Å². The SMILES string of the molecule is CCCC1CCN(C2CCN(c3cccc(N4CCN(C)C4=O)c3)CC2)C1. The highest BCUT2D eigenvalue weighted by Crippen LogP contribution is 2.30. The lowest BCUT2D eigenvalue weighted by Crippen LogP contribution is -2.44. The molecule has 0 N–H and O–H groups in total. The molecule has 0 radical (unpaired) electrons. The van der Waals surface area contributed by atoms with E-state index in [4.69, 9.17) is 0 Å². The Bertz CT molecular complexity index is 655. The zero-order valence-corrected chi connectivity index (χ0v) is 16.9. The van der Waals surface area contributed by atoms with Gasteiger partial charge < -0.3 is 9.80 Å². The predicted molar refractivity (Wildman–Crippen MR) is 112 cm³/mol. The highest BCUT2D eigenvalue weighted by molar-refractivity contribution is 5.94. The zero-order valence-electron chi connectivity index (χ0n) is 16.9. The molecule has 3 heterocycles. The van der Waals surface area contributed by atoms with Gasteiger partial charge in [-0.3, -0.25) is 9.80 Å². The number of hydrogen-bond donors (Lipinski definition) is 0. The number of benzene rings is 1. The topological polar surface area (TPSA) is 30.0 Å². The third-order valence-corrected chi connectivity index (χ3v) is 6.72. The highest BCUT2D eigenvalue weighted by atomic mass is 16.2. The summed E-state index contributed by atoms with van der Waals surface area (Å²) >= 11 is 0. The molecule has 4 rings (SSSR count). The molecule has 3 saturated heterocycles. The molecule has 3 aliphatic heterocycles. The number of rotatable bonds is 5. The predicted octanol–water partition coefficient (Wildman–Crippen LogP) is 3.65. The van der Waals surface area contributed by atoms with E-state index in [-0.39, 0.29) is 6.03 Å². The first-order chi connectivity index (χ1) is 13.2. The lowest BCUT2D eigenvalue weighted by atomic mass is 10.0. The number of amides is 2. The number of nitrogens with zero attached hydrogens (tertiary/aromatic N) is 4. The molecule has 5 nitrogen and oxygen atoms in total. The van der Waals surface area contributed by atoms with Gasteiger partial charge in [-0.15, -0.1) is 0 Å². The van der Waals surface area contributed by atoms with Gasteiger partial charge in [0.15, 0.2) is 0 Å². The lowest BCUT2D eigenvalue weighted by molar-refractivity contribution is 0.199. The monoisotopic (exact) mass is 370 g/mol. The van der Waals surface area contributed by atoms with Crippen LogP contribution in [-0.4, -0.2) is 68.2 Å². The lowest BCUT2D eigenvalue weighted by Gasteiger charge is -2.38. The Kier molecular flexibility index (Phi) is 5.58. The molecule has 1 atom stereocenters. The average molecular weight is 371 g/mol. The molecular weight excluding hydrogens is 336 g/mol. The number of likely N-dealkylation sites (N-methyl/N-ethyl adjacent to an activating group) is 1. The first-order valence-corrected chi connectivity index (χ1v) is 10.8. The second-order valence-electron chi connectivity index (χ2n) is 8.53. The Morgan fingerprint density at radius 3 is 2.48 bits per heavy atom. The van der Waals surface area contributed by atoms with Crippen molar-refractivity contribution in [2.45, 2.75) is 45.1 Å². The van der Waals surface area contributed by atoms with Crippen molar-refractivity contribution in [2.24, 2.45) is 5.92 Å². The number of carbonyl (C=O) groups is 1. The molecule has 0 spiro atoms. The van der Waals surface area contributed by atoms with E-state index < -0.39 is 0 Å². The second kappa shape index (κ2) is 8.09. The van der Waals surface area contributed by atoms with E-state index in [1.807, 2.05) is 11.9 Å².